The van der Waals surface area contributed by atoms with E-state index in [0.717, 1.165) is 11.1 Å². The van der Waals surface area contributed by atoms with Crippen LogP contribution in [-0.2, 0) is 12.8 Å². The first-order chi connectivity index (χ1) is 8.73. The Bertz CT molecular complexity index is 479. The van der Waals surface area contributed by atoms with Crippen molar-refractivity contribution in [2.75, 3.05) is 0 Å². The molecule has 0 N–H and O–H groups in total. The average molecular weight is 234 g/mol. The summed E-state index contributed by atoms with van der Waals surface area (Å²) in [6, 6.07) is 15.0. The fourth-order valence-corrected chi connectivity index (χ4v) is 1.52. The molecule has 0 aliphatic carbocycles. The fraction of sp³-hybridized carbons (Fsp3) is 0.286. The van der Waals surface area contributed by atoms with Gasteiger partial charge >= 0.3 is 0 Å². The molecule has 1 aromatic carbocycles. The van der Waals surface area contributed by atoms with Gasteiger partial charge in [0.15, 0.2) is 0 Å². The largest absolute Gasteiger partial charge is 0.197 e. The molecule has 0 radical (unpaired) electrons. The third-order valence-electron chi connectivity index (χ3n) is 2.53. The predicted molar refractivity (Wildman–Crippen MR) is 63.3 cm³/mol. The Morgan fingerprint density at radius 3 is 1.17 bits per heavy atom. The van der Waals surface area contributed by atoms with Crippen molar-refractivity contribution >= 4 is 0 Å². The molecule has 0 aliphatic heterocycles. The monoisotopic (exact) mass is 234 g/mol. The summed E-state index contributed by atoms with van der Waals surface area (Å²) >= 11 is 0. The normalized spacial score (nSPS) is 9.22. The molecule has 0 saturated heterocycles. The highest BCUT2D eigenvalue weighted by Crippen LogP contribution is 2.12. The first-order valence-electron chi connectivity index (χ1n) is 5.39. The highest BCUT2D eigenvalue weighted by molar-refractivity contribution is 5.26. The Morgan fingerprint density at radius 1 is 0.667 bits per heavy atom. The quantitative estimate of drug-likeness (QED) is 0.796. The third kappa shape index (κ3) is 3.64. The lowest BCUT2D eigenvalue weighted by molar-refractivity contribution is 0.820. The second-order valence-electron chi connectivity index (χ2n) is 3.85. The van der Waals surface area contributed by atoms with Crippen molar-refractivity contribution in [3.05, 3.63) is 35.4 Å². The van der Waals surface area contributed by atoms with Gasteiger partial charge < -0.3 is 0 Å². The Kier molecular flexibility index (Phi) is 4.93. The minimum atomic E-state index is -0.637. The maximum atomic E-state index is 8.68. The van der Waals surface area contributed by atoms with Crippen LogP contribution >= 0.6 is 0 Å². The molecule has 0 aromatic heterocycles. The second-order valence-corrected chi connectivity index (χ2v) is 3.85. The number of benzene rings is 1. The number of nitrogens with zero attached hydrogens (tertiary/aromatic N) is 4. The SMILES string of the molecule is N#CC(C#N)Cc1ccc(CC(C#N)C#N)cc1. The summed E-state index contributed by atoms with van der Waals surface area (Å²) in [6.07, 6.45) is 0.792. The molecule has 0 unspecified atom stereocenters. The Morgan fingerprint density at radius 2 is 0.944 bits per heavy atom. The predicted octanol–water partition coefficient (Wildman–Crippen LogP) is 2.10. The number of rotatable bonds is 4. The molecule has 0 fully saturated rings. The van der Waals surface area contributed by atoms with Gasteiger partial charge in [0.25, 0.3) is 0 Å². The van der Waals surface area contributed by atoms with E-state index >= 15 is 0 Å². The summed E-state index contributed by atoms with van der Waals surface area (Å²) in [5.74, 6) is -1.27. The van der Waals surface area contributed by atoms with Crippen LogP contribution in [0.4, 0.5) is 0 Å². The molecular formula is C14H10N4. The van der Waals surface area contributed by atoms with Gasteiger partial charge in [0, 0.05) is 12.8 Å². The van der Waals surface area contributed by atoms with Gasteiger partial charge in [-0.25, -0.2) is 0 Å². The molecule has 86 valence electrons. The van der Waals surface area contributed by atoms with Gasteiger partial charge in [0.1, 0.15) is 11.8 Å². The van der Waals surface area contributed by atoms with Gasteiger partial charge in [-0.2, -0.15) is 21.0 Å². The van der Waals surface area contributed by atoms with E-state index in [1.807, 2.05) is 48.5 Å². The van der Waals surface area contributed by atoms with Crippen LogP contribution < -0.4 is 0 Å². The topological polar surface area (TPSA) is 95.2 Å². The van der Waals surface area contributed by atoms with Crippen molar-refractivity contribution in [2.45, 2.75) is 12.8 Å². The van der Waals surface area contributed by atoms with Crippen LogP contribution in [0, 0.1) is 57.2 Å². The molecule has 4 heteroatoms. The lowest BCUT2D eigenvalue weighted by Gasteiger charge is -2.04. The molecule has 0 atom stereocenters. The van der Waals surface area contributed by atoms with Crippen LogP contribution in [0.1, 0.15) is 11.1 Å². The van der Waals surface area contributed by atoms with E-state index in [1.165, 1.54) is 0 Å². The van der Waals surface area contributed by atoms with Gasteiger partial charge in [-0.05, 0) is 11.1 Å². The minimum Gasteiger partial charge on any atom is -0.197 e. The molecule has 0 aliphatic rings. The van der Waals surface area contributed by atoms with E-state index in [-0.39, 0.29) is 0 Å². The Labute approximate surface area is 106 Å². The van der Waals surface area contributed by atoms with Crippen molar-refractivity contribution in [1.29, 1.82) is 21.0 Å². The summed E-state index contributed by atoms with van der Waals surface area (Å²) in [4.78, 5) is 0. The van der Waals surface area contributed by atoms with Crippen molar-refractivity contribution in [2.24, 2.45) is 11.8 Å². The molecular weight excluding hydrogens is 224 g/mol. The van der Waals surface area contributed by atoms with E-state index in [2.05, 4.69) is 0 Å². The molecule has 1 rings (SSSR count). The standard InChI is InChI=1S/C14H10N4/c15-7-13(8-16)5-11-1-2-12(4-3-11)6-14(9-17)10-18/h1-4,13-14H,5-6H2. The highest BCUT2D eigenvalue weighted by atomic mass is 14.3. The van der Waals surface area contributed by atoms with Crippen molar-refractivity contribution in [3.8, 4) is 24.3 Å². The zero-order valence-corrected chi connectivity index (χ0v) is 9.67. The van der Waals surface area contributed by atoms with Crippen molar-refractivity contribution in [3.63, 3.8) is 0 Å². The third-order valence-corrected chi connectivity index (χ3v) is 2.53. The summed E-state index contributed by atoms with van der Waals surface area (Å²) < 4.78 is 0. The van der Waals surface area contributed by atoms with Crippen LogP contribution in [0.25, 0.3) is 0 Å². The molecule has 1 aromatic rings. The summed E-state index contributed by atoms with van der Waals surface area (Å²) in [5.41, 5.74) is 1.80. The zero-order valence-electron chi connectivity index (χ0n) is 9.67. The second kappa shape index (κ2) is 6.70. The maximum absolute atomic E-state index is 8.68. The Balaban J connectivity index is 2.71. The zero-order chi connectivity index (χ0) is 13.4. The molecule has 0 saturated carbocycles. The van der Waals surface area contributed by atoms with E-state index < -0.39 is 11.8 Å². The van der Waals surface area contributed by atoms with Crippen LogP contribution in [-0.4, -0.2) is 0 Å². The van der Waals surface area contributed by atoms with Crippen LogP contribution in [0.3, 0.4) is 0 Å². The van der Waals surface area contributed by atoms with Gasteiger partial charge in [-0.15, -0.1) is 0 Å². The van der Waals surface area contributed by atoms with E-state index in [0.29, 0.717) is 12.8 Å². The molecule has 18 heavy (non-hydrogen) atoms. The maximum Gasteiger partial charge on any atom is 0.137 e. The van der Waals surface area contributed by atoms with Crippen LogP contribution in [0.15, 0.2) is 24.3 Å². The lowest BCUT2D eigenvalue weighted by Crippen LogP contribution is -2.00. The molecule has 0 spiro atoms. The first-order valence-corrected chi connectivity index (χ1v) is 5.39. The van der Waals surface area contributed by atoms with Gasteiger partial charge in [0.2, 0.25) is 0 Å². The van der Waals surface area contributed by atoms with Crippen LogP contribution in [0.2, 0.25) is 0 Å². The van der Waals surface area contributed by atoms with Crippen molar-refractivity contribution < 1.29 is 0 Å². The van der Waals surface area contributed by atoms with E-state index in [1.54, 1.807) is 0 Å². The van der Waals surface area contributed by atoms with Crippen LogP contribution in [0.5, 0.6) is 0 Å². The first kappa shape index (κ1) is 13.2. The lowest BCUT2D eigenvalue weighted by atomic mass is 9.97. The molecule has 4 nitrogen and oxygen atoms in total. The minimum absolute atomic E-state index is 0.396. The highest BCUT2D eigenvalue weighted by Gasteiger charge is 2.09. The summed E-state index contributed by atoms with van der Waals surface area (Å²) in [7, 11) is 0. The van der Waals surface area contributed by atoms with E-state index in [9.17, 15) is 0 Å². The number of hydrogen-bond acceptors (Lipinski definition) is 4. The molecule has 0 heterocycles. The number of hydrogen-bond donors (Lipinski definition) is 0. The fourth-order valence-electron chi connectivity index (χ4n) is 1.52. The average Bonchev–Trinajstić information content (AvgIpc) is 2.43. The molecule has 0 bridgehead atoms. The van der Waals surface area contributed by atoms with E-state index in [4.69, 9.17) is 21.0 Å². The smallest absolute Gasteiger partial charge is 0.137 e. The van der Waals surface area contributed by atoms with Gasteiger partial charge in [-0.3, -0.25) is 0 Å². The number of nitriles is 4. The summed E-state index contributed by atoms with van der Waals surface area (Å²) in [5, 5.41) is 34.7. The molecule has 0 amide bonds. The van der Waals surface area contributed by atoms with Gasteiger partial charge in [-0.1, -0.05) is 24.3 Å². The summed E-state index contributed by atoms with van der Waals surface area (Å²) in [6.45, 7) is 0. The van der Waals surface area contributed by atoms with Gasteiger partial charge in [0.05, 0.1) is 24.3 Å². The Hall–Kier alpha value is -2.82. The van der Waals surface area contributed by atoms with Crippen molar-refractivity contribution in [1.82, 2.24) is 0 Å².